The average Bonchev–Trinajstić information content (AvgIpc) is 2.87. The molecule has 0 aliphatic carbocycles. The van der Waals surface area contributed by atoms with Gasteiger partial charge in [-0.25, -0.2) is 4.98 Å². The summed E-state index contributed by atoms with van der Waals surface area (Å²) < 4.78 is 5.06. The van der Waals surface area contributed by atoms with Crippen molar-refractivity contribution in [2.75, 3.05) is 0 Å². The van der Waals surface area contributed by atoms with Gasteiger partial charge in [-0.2, -0.15) is 0 Å². The molecular formula is C12H17N3OS. The third-order valence-electron chi connectivity index (χ3n) is 2.76. The molecule has 5 heteroatoms. The largest absolute Gasteiger partial charge is 0.360 e. The zero-order valence-corrected chi connectivity index (χ0v) is 11.4. The van der Waals surface area contributed by atoms with E-state index in [1.807, 2.05) is 13.0 Å². The molecule has 4 nitrogen and oxygen atoms in total. The van der Waals surface area contributed by atoms with Gasteiger partial charge >= 0.3 is 0 Å². The number of rotatable bonds is 4. The number of aromatic nitrogens is 2. The predicted molar refractivity (Wildman–Crippen MR) is 68.0 cm³/mol. The number of hydrogen-bond acceptors (Lipinski definition) is 5. The highest BCUT2D eigenvalue weighted by molar-refractivity contribution is 7.11. The fourth-order valence-electron chi connectivity index (χ4n) is 1.46. The Morgan fingerprint density at radius 2 is 2.18 bits per heavy atom. The number of aryl methyl sites for hydroxylation is 2. The van der Waals surface area contributed by atoms with E-state index in [9.17, 15) is 0 Å². The molecule has 0 aromatic carbocycles. The molecule has 0 atom stereocenters. The van der Waals surface area contributed by atoms with Crippen molar-refractivity contribution >= 4 is 11.3 Å². The van der Waals surface area contributed by atoms with Gasteiger partial charge in [0.15, 0.2) is 0 Å². The van der Waals surface area contributed by atoms with E-state index >= 15 is 0 Å². The minimum Gasteiger partial charge on any atom is -0.360 e. The first-order chi connectivity index (χ1) is 7.99. The van der Waals surface area contributed by atoms with Crippen LogP contribution >= 0.6 is 11.3 Å². The highest BCUT2D eigenvalue weighted by atomic mass is 32.1. The molecule has 0 spiro atoms. The molecule has 0 fully saturated rings. The van der Waals surface area contributed by atoms with Crippen LogP contribution in [-0.2, 0) is 12.1 Å². The molecule has 0 aliphatic heterocycles. The van der Waals surface area contributed by atoms with Crippen LogP contribution in [0, 0.1) is 13.8 Å². The summed E-state index contributed by atoms with van der Waals surface area (Å²) in [6.07, 6.45) is 1.65. The van der Waals surface area contributed by atoms with Crippen LogP contribution in [0.1, 0.15) is 35.2 Å². The van der Waals surface area contributed by atoms with Crippen molar-refractivity contribution in [3.8, 4) is 0 Å². The van der Waals surface area contributed by atoms with Gasteiger partial charge in [0.2, 0.25) is 0 Å². The fraction of sp³-hybridized carbons (Fsp3) is 0.500. The predicted octanol–water partition coefficient (Wildman–Crippen LogP) is 2.77. The molecule has 0 radical (unpaired) electrons. The lowest BCUT2D eigenvalue weighted by Gasteiger charge is -2.23. The number of nitrogens with one attached hydrogen (secondary N) is 1. The standard InChI is InChI=1S/C12H17N3OS/c1-8-9(2)17-11(15-8)12(3,4)13-7-10-5-6-14-16-10/h5-6,13H,7H2,1-4H3. The summed E-state index contributed by atoms with van der Waals surface area (Å²) >= 11 is 1.74. The van der Waals surface area contributed by atoms with Crippen LogP contribution in [0.5, 0.6) is 0 Å². The maximum atomic E-state index is 5.06. The lowest BCUT2D eigenvalue weighted by atomic mass is 10.1. The summed E-state index contributed by atoms with van der Waals surface area (Å²) in [5.41, 5.74) is 0.954. The Kier molecular flexibility index (Phi) is 3.31. The topological polar surface area (TPSA) is 51.0 Å². The highest BCUT2D eigenvalue weighted by Crippen LogP contribution is 2.27. The molecule has 92 valence electrons. The van der Waals surface area contributed by atoms with Crippen molar-refractivity contribution < 1.29 is 4.52 Å². The molecule has 0 saturated heterocycles. The van der Waals surface area contributed by atoms with E-state index in [0.717, 1.165) is 16.5 Å². The Hall–Kier alpha value is -1.20. The zero-order chi connectivity index (χ0) is 12.5. The van der Waals surface area contributed by atoms with Crippen LogP contribution in [0.25, 0.3) is 0 Å². The van der Waals surface area contributed by atoms with Gasteiger partial charge in [-0.15, -0.1) is 11.3 Å². The van der Waals surface area contributed by atoms with Crippen molar-refractivity contribution in [1.82, 2.24) is 15.5 Å². The Bertz CT molecular complexity index is 468. The van der Waals surface area contributed by atoms with Gasteiger partial charge in [0.05, 0.1) is 24.0 Å². The van der Waals surface area contributed by atoms with Crippen LogP contribution in [0.3, 0.4) is 0 Å². The Morgan fingerprint density at radius 1 is 1.41 bits per heavy atom. The van der Waals surface area contributed by atoms with Crippen molar-refractivity contribution in [2.45, 2.75) is 39.8 Å². The SMILES string of the molecule is Cc1nc(C(C)(C)NCc2ccno2)sc1C. The molecule has 2 rings (SSSR count). The summed E-state index contributed by atoms with van der Waals surface area (Å²) in [6.45, 7) is 9.05. The van der Waals surface area contributed by atoms with E-state index in [4.69, 9.17) is 4.52 Å². The van der Waals surface area contributed by atoms with E-state index in [1.165, 1.54) is 4.88 Å². The van der Waals surface area contributed by atoms with E-state index < -0.39 is 0 Å². The second kappa shape index (κ2) is 4.58. The third kappa shape index (κ3) is 2.73. The summed E-state index contributed by atoms with van der Waals surface area (Å²) in [4.78, 5) is 5.86. The zero-order valence-electron chi connectivity index (χ0n) is 10.6. The molecule has 0 unspecified atom stereocenters. The lowest BCUT2D eigenvalue weighted by Crippen LogP contribution is -2.35. The molecular weight excluding hydrogens is 234 g/mol. The maximum absolute atomic E-state index is 5.06. The van der Waals surface area contributed by atoms with Crippen molar-refractivity contribution in [3.63, 3.8) is 0 Å². The Morgan fingerprint density at radius 3 is 2.71 bits per heavy atom. The summed E-state index contributed by atoms with van der Waals surface area (Å²) in [5.74, 6) is 0.836. The van der Waals surface area contributed by atoms with Crippen LogP contribution in [0.15, 0.2) is 16.8 Å². The molecule has 2 aromatic rings. The Labute approximate surface area is 105 Å². The number of nitrogens with zero attached hydrogens (tertiary/aromatic N) is 2. The molecule has 2 aromatic heterocycles. The van der Waals surface area contributed by atoms with Crippen LogP contribution in [-0.4, -0.2) is 10.1 Å². The van der Waals surface area contributed by atoms with Gasteiger partial charge in [0.1, 0.15) is 10.8 Å². The summed E-state index contributed by atoms with van der Waals surface area (Å²) in [7, 11) is 0. The van der Waals surface area contributed by atoms with Crippen LogP contribution < -0.4 is 5.32 Å². The lowest BCUT2D eigenvalue weighted by molar-refractivity contribution is 0.332. The molecule has 17 heavy (non-hydrogen) atoms. The number of thiazole rings is 1. The monoisotopic (exact) mass is 251 g/mol. The minimum absolute atomic E-state index is 0.156. The van der Waals surface area contributed by atoms with Crippen molar-refractivity contribution in [1.29, 1.82) is 0 Å². The van der Waals surface area contributed by atoms with Gasteiger partial charge < -0.3 is 4.52 Å². The first-order valence-electron chi connectivity index (χ1n) is 5.58. The molecule has 0 amide bonds. The second-order valence-electron chi connectivity index (χ2n) is 4.62. The van der Waals surface area contributed by atoms with Gasteiger partial charge in [0, 0.05) is 10.9 Å². The van der Waals surface area contributed by atoms with E-state index in [2.05, 4.69) is 36.2 Å². The normalized spacial score (nSPS) is 12.0. The molecule has 2 heterocycles. The summed E-state index contributed by atoms with van der Waals surface area (Å²) in [5, 5.41) is 8.22. The smallest absolute Gasteiger partial charge is 0.150 e. The maximum Gasteiger partial charge on any atom is 0.150 e. The van der Waals surface area contributed by atoms with E-state index in [0.29, 0.717) is 6.54 Å². The molecule has 0 aliphatic rings. The Balaban J connectivity index is 2.08. The van der Waals surface area contributed by atoms with E-state index in [-0.39, 0.29) is 5.54 Å². The first-order valence-corrected chi connectivity index (χ1v) is 6.40. The third-order valence-corrected chi connectivity index (χ3v) is 4.16. The van der Waals surface area contributed by atoms with Gasteiger partial charge in [0.25, 0.3) is 0 Å². The number of hydrogen-bond donors (Lipinski definition) is 1. The first kappa shape index (κ1) is 12.3. The second-order valence-corrected chi connectivity index (χ2v) is 5.82. The molecule has 0 saturated carbocycles. The van der Waals surface area contributed by atoms with E-state index in [1.54, 1.807) is 17.5 Å². The fourth-order valence-corrected chi connectivity index (χ4v) is 2.45. The van der Waals surface area contributed by atoms with Crippen LogP contribution in [0.2, 0.25) is 0 Å². The minimum atomic E-state index is -0.156. The molecule has 0 bridgehead atoms. The van der Waals surface area contributed by atoms with Gasteiger partial charge in [-0.05, 0) is 27.7 Å². The van der Waals surface area contributed by atoms with Crippen molar-refractivity contribution in [2.24, 2.45) is 0 Å². The van der Waals surface area contributed by atoms with Gasteiger partial charge in [-0.1, -0.05) is 5.16 Å². The summed E-state index contributed by atoms with van der Waals surface area (Å²) in [6, 6.07) is 1.86. The van der Waals surface area contributed by atoms with Crippen LogP contribution in [0.4, 0.5) is 0 Å². The average molecular weight is 251 g/mol. The highest BCUT2D eigenvalue weighted by Gasteiger charge is 2.24. The van der Waals surface area contributed by atoms with Gasteiger partial charge in [-0.3, -0.25) is 5.32 Å². The molecule has 1 N–H and O–H groups in total. The quantitative estimate of drug-likeness (QED) is 0.907. The van der Waals surface area contributed by atoms with Crippen molar-refractivity contribution in [3.05, 3.63) is 33.6 Å².